The van der Waals surface area contributed by atoms with Gasteiger partial charge < -0.3 is 4.98 Å². The molecule has 1 heterocycles. The Hall–Kier alpha value is -2.39. The number of likely N-dealkylation sites (N-methyl/N-ethyl adjacent to an activating group) is 1. The molecule has 0 unspecified atom stereocenters. The summed E-state index contributed by atoms with van der Waals surface area (Å²) in [5.74, 6) is 0.620. The molecule has 0 spiro atoms. The number of nitrogens with zero attached hydrogens (tertiary/aromatic N) is 1. The minimum Gasteiger partial charge on any atom is -0.322 e. The fourth-order valence-corrected chi connectivity index (χ4v) is 3.52. The van der Waals surface area contributed by atoms with Crippen molar-refractivity contribution in [2.24, 2.45) is 0 Å². The van der Waals surface area contributed by atoms with Crippen LogP contribution in [0.5, 0.6) is 0 Å². The van der Waals surface area contributed by atoms with Gasteiger partial charge in [-0.1, -0.05) is 48.5 Å². The van der Waals surface area contributed by atoms with Crippen LogP contribution < -0.4 is 5.56 Å². The zero-order chi connectivity index (χ0) is 15.8. The van der Waals surface area contributed by atoms with Crippen LogP contribution in [-0.2, 0) is 6.54 Å². The zero-order valence-corrected chi connectivity index (χ0v) is 13.2. The molecule has 3 nitrogen and oxygen atoms in total. The van der Waals surface area contributed by atoms with E-state index in [0.29, 0.717) is 12.0 Å². The van der Waals surface area contributed by atoms with Gasteiger partial charge in [-0.3, -0.25) is 9.69 Å². The number of aromatic nitrogens is 1. The van der Waals surface area contributed by atoms with E-state index in [4.69, 9.17) is 0 Å². The lowest BCUT2D eigenvalue weighted by Gasteiger charge is -2.18. The Morgan fingerprint density at radius 2 is 1.83 bits per heavy atom. The van der Waals surface area contributed by atoms with Gasteiger partial charge in [-0.25, -0.2) is 0 Å². The minimum absolute atomic E-state index is 0.0255. The first-order valence-electron chi connectivity index (χ1n) is 8.08. The van der Waals surface area contributed by atoms with Crippen LogP contribution in [0.3, 0.4) is 0 Å². The molecule has 23 heavy (non-hydrogen) atoms. The number of H-pyrrole nitrogens is 1. The van der Waals surface area contributed by atoms with Crippen molar-refractivity contribution in [1.29, 1.82) is 0 Å². The van der Waals surface area contributed by atoms with Gasteiger partial charge in [0.25, 0.3) is 0 Å². The van der Waals surface area contributed by atoms with Gasteiger partial charge in [0.2, 0.25) is 5.56 Å². The smallest absolute Gasteiger partial charge is 0.248 e. The molecular weight excluding hydrogens is 284 g/mol. The average Bonchev–Trinajstić information content (AvgIpc) is 3.36. The Morgan fingerprint density at radius 1 is 1.09 bits per heavy atom. The van der Waals surface area contributed by atoms with E-state index in [-0.39, 0.29) is 5.56 Å². The van der Waals surface area contributed by atoms with E-state index in [2.05, 4.69) is 53.3 Å². The van der Waals surface area contributed by atoms with Crippen LogP contribution in [0, 0.1) is 0 Å². The summed E-state index contributed by atoms with van der Waals surface area (Å²) in [6, 6.07) is 21.0. The highest BCUT2D eigenvalue weighted by Gasteiger charge is 2.41. The number of hydrogen-bond acceptors (Lipinski definition) is 2. The van der Waals surface area contributed by atoms with Crippen LogP contribution in [0.4, 0.5) is 0 Å². The van der Waals surface area contributed by atoms with E-state index in [1.165, 1.54) is 12.0 Å². The third-order valence-corrected chi connectivity index (χ3v) is 4.81. The quantitative estimate of drug-likeness (QED) is 0.800. The molecule has 0 radical (unpaired) electrons. The van der Waals surface area contributed by atoms with Gasteiger partial charge in [0.05, 0.1) is 0 Å². The van der Waals surface area contributed by atoms with Crippen LogP contribution in [0.2, 0.25) is 0 Å². The molecule has 2 atom stereocenters. The van der Waals surface area contributed by atoms with Crippen LogP contribution in [-0.4, -0.2) is 23.0 Å². The molecule has 3 heteroatoms. The maximum Gasteiger partial charge on any atom is 0.248 e. The number of aromatic amines is 1. The van der Waals surface area contributed by atoms with Crippen LogP contribution in [0.25, 0.3) is 10.9 Å². The predicted octanol–water partition coefficient (Wildman–Crippen LogP) is 3.52. The Bertz CT molecular complexity index is 885. The topological polar surface area (TPSA) is 36.1 Å². The zero-order valence-electron chi connectivity index (χ0n) is 13.2. The standard InChI is InChI=1S/C20H20N2O/c1-22(19-12-17(19)14-7-3-2-4-8-14)13-15-11-20(23)21-18-10-6-5-9-16(15)18/h2-11,17,19H,12-13H2,1H3,(H,21,23)/t17-,19+/m1/s1. The summed E-state index contributed by atoms with van der Waals surface area (Å²) in [4.78, 5) is 17.2. The van der Waals surface area contributed by atoms with E-state index >= 15 is 0 Å². The molecule has 0 amide bonds. The van der Waals surface area contributed by atoms with Crippen molar-refractivity contribution in [3.05, 3.63) is 82.1 Å². The lowest BCUT2D eigenvalue weighted by atomic mass is 10.1. The van der Waals surface area contributed by atoms with Crippen molar-refractivity contribution in [1.82, 2.24) is 9.88 Å². The molecule has 1 fully saturated rings. The van der Waals surface area contributed by atoms with E-state index in [0.717, 1.165) is 23.0 Å². The van der Waals surface area contributed by atoms with Crippen LogP contribution >= 0.6 is 0 Å². The second-order valence-electron chi connectivity index (χ2n) is 6.44. The fourth-order valence-electron chi connectivity index (χ4n) is 3.52. The second kappa shape index (κ2) is 5.67. The average molecular weight is 304 g/mol. The first kappa shape index (κ1) is 14.2. The lowest BCUT2D eigenvalue weighted by Crippen LogP contribution is -2.22. The third-order valence-electron chi connectivity index (χ3n) is 4.81. The monoisotopic (exact) mass is 304 g/mol. The first-order chi connectivity index (χ1) is 11.2. The molecule has 1 aromatic heterocycles. The molecule has 1 aliphatic rings. The predicted molar refractivity (Wildman–Crippen MR) is 93.6 cm³/mol. The SMILES string of the molecule is CN(Cc1cc(=O)[nH]c2ccccc12)[C@H]1C[C@@H]1c1ccccc1. The van der Waals surface area contributed by atoms with Crippen molar-refractivity contribution in [2.75, 3.05) is 7.05 Å². The summed E-state index contributed by atoms with van der Waals surface area (Å²) in [5.41, 5.74) is 3.41. The molecule has 1 saturated carbocycles. The van der Waals surface area contributed by atoms with Crippen molar-refractivity contribution < 1.29 is 0 Å². The van der Waals surface area contributed by atoms with Crippen LogP contribution in [0.15, 0.2) is 65.5 Å². The van der Waals surface area contributed by atoms with Crippen molar-refractivity contribution in [3.63, 3.8) is 0 Å². The number of nitrogens with one attached hydrogen (secondary N) is 1. The van der Waals surface area contributed by atoms with Gasteiger partial charge in [0.15, 0.2) is 0 Å². The van der Waals surface area contributed by atoms with Crippen LogP contribution in [0.1, 0.15) is 23.5 Å². The molecule has 0 aliphatic heterocycles. The van der Waals surface area contributed by atoms with Gasteiger partial charge in [0, 0.05) is 35.5 Å². The van der Waals surface area contributed by atoms with E-state index in [1.54, 1.807) is 6.07 Å². The number of hydrogen-bond donors (Lipinski definition) is 1. The van der Waals surface area contributed by atoms with Crippen molar-refractivity contribution in [2.45, 2.75) is 24.9 Å². The number of rotatable bonds is 4. The molecule has 3 aromatic rings. The van der Waals surface area contributed by atoms with Gasteiger partial charge in [-0.2, -0.15) is 0 Å². The molecule has 116 valence electrons. The Morgan fingerprint density at radius 3 is 2.65 bits per heavy atom. The Labute approximate surface area is 135 Å². The summed E-state index contributed by atoms with van der Waals surface area (Å²) in [7, 11) is 2.16. The highest BCUT2D eigenvalue weighted by Crippen LogP contribution is 2.44. The van der Waals surface area contributed by atoms with Crippen molar-refractivity contribution >= 4 is 10.9 Å². The summed E-state index contributed by atoms with van der Waals surface area (Å²) in [5, 5.41) is 1.14. The van der Waals surface area contributed by atoms with Gasteiger partial charge in [0.1, 0.15) is 0 Å². The van der Waals surface area contributed by atoms with E-state index in [1.807, 2.05) is 18.2 Å². The first-order valence-corrected chi connectivity index (χ1v) is 8.08. The van der Waals surface area contributed by atoms with Gasteiger partial charge >= 0.3 is 0 Å². The molecule has 4 rings (SSSR count). The highest BCUT2D eigenvalue weighted by molar-refractivity contribution is 5.81. The highest BCUT2D eigenvalue weighted by atomic mass is 16.1. The maximum absolute atomic E-state index is 11.9. The normalized spacial score (nSPS) is 20.1. The second-order valence-corrected chi connectivity index (χ2v) is 6.44. The number of fused-ring (bicyclic) bond motifs is 1. The van der Waals surface area contributed by atoms with Gasteiger partial charge in [-0.15, -0.1) is 0 Å². The molecule has 1 N–H and O–H groups in total. The number of pyridine rings is 1. The third kappa shape index (κ3) is 2.80. The summed E-state index contributed by atoms with van der Waals surface area (Å²) in [6.45, 7) is 0.804. The Balaban J connectivity index is 1.56. The number of para-hydroxylation sites is 1. The molecule has 0 saturated heterocycles. The largest absolute Gasteiger partial charge is 0.322 e. The summed E-state index contributed by atoms with van der Waals surface area (Å²) < 4.78 is 0. The van der Waals surface area contributed by atoms with Crippen molar-refractivity contribution in [3.8, 4) is 0 Å². The van der Waals surface area contributed by atoms with Gasteiger partial charge in [-0.05, 0) is 30.7 Å². The summed E-state index contributed by atoms with van der Waals surface area (Å²) >= 11 is 0. The van der Waals surface area contributed by atoms with E-state index < -0.39 is 0 Å². The fraction of sp³-hybridized carbons (Fsp3) is 0.250. The molecule has 2 aromatic carbocycles. The Kier molecular flexibility index (Phi) is 3.50. The minimum atomic E-state index is -0.0255. The number of benzene rings is 2. The van der Waals surface area contributed by atoms with E-state index in [9.17, 15) is 4.79 Å². The maximum atomic E-state index is 11.9. The lowest BCUT2D eigenvalue weighted by molar-refractivity contribution is 0.312. The molecule has 1 aliphatic carbocycles. The summed E-state index contributed by atoms with van der Waals surface area (Å²) in [6.07, 6.45) is 1.20. The molecular formula is C20H20N2O. The molecule has 0 bridgehead atoms.